The van der Waals surface area contributed by atoms with Gasteiger partial charge in [0, 0.05) is 5.75 Å². The lowest BCUT2D eigenvalue weighted by Gasteiger charge is -2.07. The molecule has 0 radical (unpaired) electrons. The molecular formula is C21H16O2S2. The third-order valence-electron chi connectivity index (χ3n) is 3.52. The summed E-state index contributed by atoms with van der Waals surface area (Å²) in [7, 11) is 0. The highest BCUT2D eigenvalue weighted by atomic mass is 32.2. The van der Waals surface area contributed by atoms with Gasteiger partial charge in [0.05, 0.1) is 9.76 Å². The molecule has 0 saturated heterocycles. The van der Waals surface area contributed by atoms with Crippen molar-refractivity contribution in [2.45, 2.75) is 5.75 Å². The summed E-state index contributed by atoms with van der Waals surface area (Å²) in [5, 5.41) is 0. The van der Waals surface area contributed by atoms with E-state index in [4.69, 9.17) is 17.0 Å². The molecule has 124 valence electrons. The summed E-state index contributed by atoms with van der Waals surface area (Å²) in [4.78, 5) is 12.1. The third kappa shape index (κ3) is 5.02. The zero-order chi connectivity index (χ0) is 17.5. The molecule has 0 aromatic heterocycles. The van der Waals surface area contributed by atoms with Crippen LogP contribution in [0.5, 0.6) is 5.75 Å². The van der Waals surface area contributed by atoms with Crippen molar-refractivity contribution in [1.82, 2.24) is 0 Å². The second-order valence-corrected chi connectivity index (χ2v) is 6.99. The summed E-state index contributed by atoms with van der Waals surface area (Å²) in [5.41, 5.74) is 2.67. The van der Waals surface area contributed by atoms with Crippen LogP contribution in [-0.4, -0.2) is 10.2 Å². The van der Waals surface area contributed by atoms with E-state index in [1.165, 1.54) is 5.56 Å². The molecule has 4 heteroatoms. The van der Waals surface area contributed by atoms with E-state index in [1.54, 1.807) is 36.0 Å². The number of ether oxygens (including phenoxy) is 1. The molecule has 0 unspecified atom stereocenters. The van der Waals surface area contributed by atoms with Gasteiger partial charge < -0.3 is 4.74 Å². The standard InChI is InChI=1S/C21H16O2S2/c22-20(23-19-9-5-2-6-10-19)17-11-13-18(14-12-17)21(24)25-15-16-7-3-1-4-8-16/h1-14H,15H2. The lowest BCUT2D eigenvalue weighted by atomic mass is 10.1. The van der Waals surface area contributed by atoms with Crippen LogP contribution in [0.15, 0.2) is 84.9 Å². The number of benzene rings is 3. The monoisotopic (exact) mass is 364 g/mol. The highest BCUT2D eigenvalue weighted by Crippen LogP contribution is 2.20. The van der Waals surface area contributed by atoms with Crippen molar-refractivity contribution < 1.29 is 9.53 Å². The predicted molar refractivity (Wildman–Crippen MR) is 107 cm³/mol. The fourth-order valence-electron chi connectivity index (χ4n) is 2.20. The van der Waals surface area contributed by atoms with Gasteiger partial charge in [-0.1, -0.05) is 72.9 Å². The van der Waals surface area contributed by atoms with E-state index < -0.39 is 0 Å². The molecule has 0 spiro atoms. The number of thioether (sulfide) groups is 1. The number of para-hydroxylation sites is 1. The van der Waals surface area contributed by atoms with Crippen molar-refractivity contribution in [2.24, 2.45) is 0 Å². The van der Waals surface area contributed by atoms with E-state index in [9.17, 15) is 4.79 Å². The molecule has 2 nitrogen and oxygen atoms in total. The minimum atomic E-state index is -0.374. The van der Waals surface area contributed by atoms with Crippen LogP contribution >= 0.6 is 24.0 Å². The van der Waals surface area contributed by atoms with Gasteiger partial charge in [0.1, 0.15) is 5.75 Å². The number of carbonyl (C=O) groups is 1. The summed E-state index contributed by atoms with van der Waals surface area (Å²) in [6, 6.07) is 26.5. The zero-order valence-electron chi connectivity index (χ0n) is 13.4. The number of carbonyl (C=O) groups excluding carboxylic acids is 1. The van der Waals surface area contributed by atoms with Gasteiger partial charge in [-0.15, -0.1) is 11.8 Å². The molecule has 0 aliphatic rings. The van der Waals surface area contributed by atoms with E-state index in [1.807, 2.05) is 48.5 Å². The smallest absolute Gasteiger partial charge is 0.343 e. The topological polar surface area (TPSA) is 26.3 Å². The molecule has 0 heterocycles. The number of esters is 1. The molecule has 0 N–H and O–H groups in total. The first kappa shape index (κ1) is 17.4. The minimum absolute atomic E-state index is 0.374. The van der Waals surface area contributed by atoms with Gasteiger partial charge in [-0.2, -0.15) is 0 Å². The quantitative estimate of drug-likeness (QED) is 0.338. The first-order valence-corrected chi connectivity index (χ1v) is 9.20. The van der Waals surface area contributed by atoms with Crippen LogP contribution in [-0.2, 0) is 5.75 Å². The van der Waals surface area contributed by atoms with Crippen LogP contribution in [0.4, 0.5) is 0 Å². The fourth-order valence-corrected chi connectivity index (χ4v) is 3.31. The Morgan fingerprint density at radius 3 is 2.00 bits per heavy atom. The van der Waals surface area contributed by atoms with Crippen molar-refractivity contribution in [1.29, 1.82) is 0 Å². The summed E-state index contributed by atoms with van der Waals surface area (Å²) in [5.74, 6) is 0.989. The average molecular weight is 364 g/mol. The summed E-state index contributed by atoms with van der Waals surface area (Å²) >= 11 is 7.10. The molecule has 3 aromatic carbocycles. The maximum Gasteiger partial charge on any atom is 0.343 e. The van der Waals surface area contributed by atoms with Crippen molar-refractivity contribution >= 4 is 34.1 Å². The van der Waals surface area contributed by atoms with Crippen molar-refractivity contribution in [2.75, 3.05) is 0 Å². The van der Waals surface area contributed by atoms with Crippen molar-refractivity contribution in [3.05, 3.63) is 102 Å². The van der Waals surface area contributed by atoms with E-state index >= 15 is 0 Å². The average Bonchev–Trinajstić information content (AvgIpc) is 2.68. The van der Waals surface area contributed by atoms with Crippen LogP contribution in [0.1, 0.15) is 21.5 Å². The van der Waals surface area contributed by atoms with Crippen LogP contribution in [0, 0.1) is 0 Å². The Hall–Kier alpha value is -2.43. The van der Waals surface area contributed by atoms with E-state index in [-0.39, 0.29) is 5.97 Å². The SMILES string of the molecule is O=C(Oc1ccccc1)c1ccc(C(=S)SCc2ccccc2)cc1. The van der Waals surface area contributed by atoms with Crippen LogP contribution in [0.3, 0.4) is 0 Å². The van der Waals surface area contributed by atoms with Gasteiger partial charge in [0.15, 0.2) is 0 Å². The maximum atomic E-state index is 12.1. The Kier molecular flexibility index (Phi) is 5.99. The molecule has 3 rings (SSSR count). The predicted octanol–water partition coefficient (Wildman–Crippen LogP) is 5.51. The zero-order valence-corrected chi connectivity index (χ0v) is 15.1. The molecule has 0 atom stereocenters. The maximum absolute atomic E-state index is 12.1. The second-order valence-electron chi connectivity index (χ2n) is 5.34. The Morgan fingerprint density at radius 2 is 1.36 bits per heavy atom. The second kappa shape index (κ2) is 8.60. The molecule has 0 amide bonds. The highest BCUT2D eigenvalue weighted by Gasteiger charge is 2.10. The number of hydrogen-bond acceptors (Lipinski definition) is 4. The van der Waals surface area contributed by atoms with E-state index in [0.29, 0.717) is 11.3 Å². The number of hydrogen-bond donors (Lipinski definition) is 0. The van der Waals surface area contributed by atoms with Gasteiger partial charge >= 0.3 is 5.97 Å². The fraction of sp³-hybridized carbons (Fsp3) is 0.0476. The molecule has 0 aliphatic carbocycles. The first-order valence-electron chi connectivity index (χ1n) is 7.81. The van der Waals surface area contributed by atoms with Gasteiger partial charge in [-0.3, -0.25) is 0 Å². The highest BCUT2D eigenvalue weighted by molar-refractivity contribution is 8.23. The molecule has 3 aromatic rings. The Balaban J connectivity index is 1.59. The van der Waals surface area contributed by atoms with E-state index in [2.05, 4.69) is 12.1 Å². The molecule has 25 heavy (non-hydrogen) atoms. The lowest BCUT2D eigenvalue weighted by Crippen LogP contribution is -2.08. The molecule has 0 bridgehead atoms. The molecular weight excluding hydrogens is 348 g/mol. The summed E-state index contributed by atoms with van der Waals surface area (Å²) < 4.78 is 6.14. The normalized spacial score (nSPS) is 10.2. The largest absolute Gasteiger partial charge is 0.423 e. The number of thiocarbonyl (C=S) groups is 1. The Bertz CT molecular complexity index is 844. The summed E-state index contributed by atoms with van der Waals surface area (Å²) in [6.45, 7) is 0. The molecule has 0 aliphatic heterocycles. The van der Waals surface area contributed by atoms with Crippen LogP contribution in [0.25, 0.3) is 0 Å². The van der Waals surface area contributed by atoms with Gasteiger partial charge in [-0.25, -0.2) is 4.79 Å². The Labute approximate surface area is 156 Å². The van der Waals surface area contributed by atoms with Crippen LogP contribution < -0.4 is 4.74 Å². The molecule has 0 fully saturated rings. The first-order chi connectivity index (χ1) is 12.2. The third-order valence-corrected chi connectivity index (χ3v) is 5.09. The Morgan fingerprint density at radius 1 is 0.800 bits per heavy atom. The van der Waals surface area contributed by atoms with Gasteiger partial charge in [0.2, 0.25) is 0 Å². The van der Waals surface area contributed by atoms with Gasteiger partial charge in [-0.05, 0) is 35.4 Å². The van der Waals surface area contributed by atoms with Crippen molar-refractivity contribution in [3.8, 4) is 5.75 Å². The lowest BCUT2D eigenvalue weighted by molar-refractivity contribution is 0.0735. The van der Waals surface area contributed by atoms with Crippen molar-refractivity contribution in [3.63, 3.8) is 0 Å². The minimum Gasteiger partial charge on any atom is -0.423 e. The summed E-state index contributed by atoms with van der Waals surface area (Å²) in [6.07, 6.45) is 0. The molecule has 0 saturated carbocycles. The van der Waals surface area contributed by atoms with E-state index in [0.717, 1.165) is 15.5 Å². The van der Waals surface area contributed by atoms with Crippen LogP contribution in [0.2, 0.25) is 0 Å². The van der Waals surface area contributed by atoms with Gasteiger partial charge in [0.25, 0.3) is 0 Å². The number of rotatable bonds is 5.